The lowest BCUT2D eigenvalue weighted by Crippen LogP contribution is -2.15. The smallest absolute Gasteiger partial charge is 0.303 e. The first-order valence-corrected chi connectivity index (χ1v) is 5.00. The molecule has 84 valence electrons. The number of hydrogen-bond donors (Lipinski definition) is 1. The van der Waals surface area contributed by atoms with Crippen LogP contribution in [-0.2, 0) is 16.6 Å². The van der Waals surface area contributed by atoms with E-state index >= 15 is 0 Å². The predicted molar refractivity (Wildman–Crippen MR) is 53.6 cm³/mol. The van der Waals surface area contributed by atoms with Gasteiger partial charge in [-0.15, -0.1) is 10.2 Å². The van der Waals surface area contributed by atoms with Crippen LogP contribution in [0, 0.1) is 0 Å². The molecule has 1 N–H and O–H groups in total. The van der Waals surface area contributed by atoms with E-state index in [2.05, 4.69) is 10.2 Å². The zero-order chi connectivity index (χ0) is 11.5. The second kappa shape index (κ2) is 4.42. The summed E-state index contributed by atoms with van der Waals surface area (Å²) in [5.74, 6) is 0.115. The molecule has 0 spiro atoms. The third-order valence-electron chi connectivity index (χ3n) is 2.48. The molecule has 0 amide bonds. The van der Waals surface area contributed by atoms with Gasteiger partial charge in [-0.3, -0.25) is 4.79 Å². The number of carboxylic acid groups (broad SMARTS) is 1. The van der Waals surface area contributed by atoms with E-state index in [0.717, 1.165) is 6.42 Å². The zero-order valence-corrected chi connectivity index (χ0v) is 9.28. The number of hydrogen-bond acceptors (Lipinski definition) is 4. The Hall–Kier alpha value is -1.39. The monoisotopic (exact) mass is 212 g/mol. The molecule has 0 atom stereocenters. The first-order valence-electron chi connectivity index (χ1n) is 5.00. The van der Waals surface area contributed by atoms with Gasteiger partial charge in [0.15, 0.2) is 0 Å². The molecule has 1 rings (SSSR count). The average Bonchev–Trinajstić information content (AvgIpc) is 2.63. The number of aryl methyl sites for hydroxylation is 1. The molecule has 0 aromatic carbocycles. The van der Waals surface area contributed by atoms with Gasteiger partial charge in [0.1, 0.15) is 0 Å². The molecule has 0 bridgehead atoms. The van der Waals surface area contributed by atoms with E-state index in [-0.39, 0.29) is 11.8 Å². The van der Waals surface area contributed by atoms with Crippen molar-refractivity contribution in [1.29, 1.82) is 0 Å². The maximum absolute atomic E-state index is 10.3. The van der Waals surface area contributed by atoms with Crippen molar-refractivity contribution in [2.24, 2.45) is 0 Å². The predicted octanol–water partition coefficient (Wildman–Crippen LogP) is 1.77. The number of carboxylic acids is 1. The lowest BCUT2D eigenvalue weighted by Gasteiger charge is -2.16. The van der Waals surface area contributed by atoms with Crippen LogP contribution in [0.1, 0.15) is 45.4 Å². The van der Waals surface area contributed by atoms with Crippen LogP contribution in [0.4, 0.5) is 0 Å². The van der Waals surface area contributed by atoms with Gasteiger partial charge in [-0.25, -0.2) is 0 Å². The van der Waals surface area contributed by atoms with Crippen LogP contribution in [0.5, 0.6) is 0 Å². The van der Waals surface area contributed by atoms with Gasteiger partial charge in [0.05, 0.1) is 6.42 Å². The fourth-order valence-corrected chi connectivity index (χ4v) is 0.993. The average molecular weight is 212 g/mol. The van der Waals surface area contributed by atoms with Gasteiger partial charge in [-0.1, -0.05) is 20.8 Å². The minimum atomic E-state index is -0.857. The Labute approximate surface area is 88.5 Å². The normalized spacial score (nSPS) is 11.7. The first-order chi connectivity index (χ1) is 6.95. The van der Waals surface area contributed by atoms with Crippen LogP contribution in [-0.4, -0.2) is 21.3 Å². The third kappa shape index (κ3) is 3.04. The Balaban J connectivity index is 2.68. The number of rotatable bonds is 5. The zero-order valence-electron chi connectivity index (χ0n) is 9.28. The van der Waals surface area contributed by atoms with E-state index in [1.165, 1.54) is 0 Å². The van der Waals surface area contributed by atoms with E-state index in [1.807, 2.05) is 20.8 Å². The summed E-state index contributed by atoms with van der Waals surface area (Å²) in [5, 5.41) is 16.2. The van der Waals surface area contributed by atoms with E-state index in [9.17, 15) is 4.79 Å². The highest BCUT2D eigenvalue weighted by molar-refractivity contribution is 5.66. The van der Waals surface area contributed by atoms with Crippen LogP contribution in [0.2, 0.25) is 0 Å². The highest BCUT2D eigenvalue weighted by Crippen LogP contribution is 2.25. The molecule has 5 nitrogen and oxygen atoms in total. The molecule has 0 saturated heterocycles. The van der Waals surface area contributed by atoms with Crippen LogP contribution in [0.15, 0.2) is 4.42 Å². The van der Waals surface area contributed by atoms with Gasteiger partial charge in [0.25, 0.3) is 0 Å². The minimum Gasteiger partial charge on any atom is -0.481 e. The Morgan fingerprint density at radius 2 is 2.13 bits per heavy atom. The molecule has 0 saturated carbocycles. The summed E-state index contributed by atoms with van der Waals surface area (Å²) in [5.41, 5.74) is -0.144. The molecule has 1 aromatic rings. The lowest BCUT2D eigenvalue weighted by molar-refractivity contribution is -0.137. The van der Waals surface area contributed by atoms with Gasteiger partial charge in [-0.05, 0) is 6.42 Å². The highest BCUT2D eigenvalue weighted by Gasteiger charge is 2.25. The molecule has 15 heavy (non-hydrogen) atoms. The summed E-state index contributed by atoms with van der Waals surface area (Å²) in [6, 6.07) is 0. The quantitative estimate of drug-likeness (QED) is 0.805. The minimum absolute atomic E-state index is 0.0220. The van der Waals surface area contributed by atoms with Crippen LogP contribution < -0.4 is 0 Å². The van der Waals surface area contributed by atoms with E-state index in [0.29, 0.717) is 18.2 Å². The second-order valence-corrected chi connectivity index (χ2v) is 4.13. The van der Waals surface area contributed by atoms with E-state index < -0.39 is 5.97 Å². The first kappa shape index (κ1) is 11.7. The third-order valence-corrected chi connectivity index (χ3v) is 2.48. The van der Waals surface area contributed by atoms with Crippen molar-refractivity contribution in [3.05, 3.63) is 11.8 Å². The summed E-state index contributed by atoms with van der Waals surface area (Å²) < 4.78 is 5.40. The summed E-state index contributed by atoms with van der Waals surface area (Å²) in [6.07, 6.45) is 1.21. The van der Waals surface area contributed by atoms with Gasteiger partial charge < -0.3 is 9.52 Å². The maximum Gasteiger partial charge on any atom is 0.303 e. The largest absolute Gasteiger partial charge is 0.481 e. The molecular weight excluding hydrogens is 196 g/mol. The van der Waals surface area contributed by atoms with Crippen LogP contribution in [0.3, 0.4) is 0 Å². The molecular formula is C10H16N2O3. The van der Waals surface area contributed by atoms with Crippen LogP contribution >= 0.6 is 0 Å². The standard InChI is InChI=1S/C10H16N2O3/c1-4-10(2,3)9-12-11-7(15-9)5-6-8(13)14/h4-6H2,1-3H3,(H,13,14). The topological polar surface area (TPSA) is 76.2 Å². The van der Waals surface area contributed by atoms with Crippen LogP contribution in [0.25, 0.3) is 0 Å². The van der Waals surface area contributed by atoms with E-state index in [4.69, 9.17) is 9.52 Å². The van der Waals surface area contributed by atoms with Gasteiger partial charge >= 0.3 is 5.97 Å². The molecule has 0 aliphatic carbocycles. The molecule has 1 heterocycles. The van der Waals surface area contributed by atoms with Crippen molar-refractivity contribution in [3.8, 4) is 0 Å². The summed E-state index contributed by atoms with van der Waals surface area (Å²) in [6.45, 7) is 6.07. The summed E-state index contributed by atoms with van der Waals surface area (Å²) in [7, 11) is 0. The Kier molecular flexibility index (Phi) is 3.44. The molecule has 0 fully saturated rings. The summed E-state index contributed by atoms with van der Waals surface area (Å²) in [4.78, 5) is 10.3. The van der Waals surface area contributed by atoms with Crippen molar-refractivity contribution in [2.45, 2.75) is 45.4 Å². The highest BCUT2D eigenvalue weighted by atomic mass is 16.4. The SMILES string of the molecule is CCC(C)(C)c1nnc(CCC(=O)O)o1. The van der Waals surface area contributed by atoms with Crippen molar-refractivity contribution >= 4 is 5.97 Å². The van der Waals surface area contributed by atoms with Gasteiger partial charge in [-0.2, -0.15) is 0 Å². The van der Waals surface area contributed by atoms with Crippen molar-refractivity contribution in [1.82, 2.24) is 10.2 Å². The van der Waals surface area contributed by atoms with Crippen molar-refractivity contribution in [2.75, 3.05) is 0 Å². The molecule has 0 aliphatic rings. The van der Waals surface area contributed by atoms with Gasteiger partial charge in [0.2, 0.25) is 11.8 Å². The summed E-state index contributed by atoms with van der Waals surface area (Å²) >= 11 is 0. The van der Waals surface area contributed by atoms with Gasteiger partial charge in [0, 0.05) is 11.8 Å². The Morgan fingerprint density at radius 3 is 2.67 bits per heavy atom. The molecule has 5 heteroatoms. The number of aliphatic carboxylic acids is 1. The fraction of sp³-hybridized carbons (Fsp3) is 0.700. The second-order valence-electron chi connectivity index (χ2n) is 4.13. The number of aromatic nitrogens is 2. The molecule has 0 unspecified atom stereocenters. The Bertz CT molecular complexity index is 344. The lowest BCUT2D eigenvalue weighted by atomic mass is 9.90. The Morgan fingerprint density at radius 1 is 1.47 bits per heavy atom. The maximum atomic E-state index is 10.3. The molecule has 1 aromatic heterocycles. The van der Waals surface area contributed by atoms with Crippen molar-refractivity contribution in [3.63, 3.8) is 0 Å². The number of nitrogens with zero attached hydrogens (tertiary/aromatic N) is 2. The fourth-order valence-electron chi connectivity index (χ4n) is 0.993. The van der Waals surface area contributed by atoms with E-state index in [1.54, 1.807) is 0 Å². The molecule has 0 radical (unpaired) electrons. The van der Waals surface area contributed by atoms with Crippen molar-refractivity contribution < 1.29 is 14.3 Å². The molecule has 0 aliphatic heterocycles. The number of carbonyl (C=O) groups is 1.